The Balaban J connectivity index is 1.68. The normalized spacial score (nSPS) is 17.6. The molecule has 0 aromatic heterocycles. The first kappa shape index (κ1) is 22.5. The van der Waals surface area contributed by atoms with Crippen LogP contribution in [0, 0.1) is 19.8 Å². The first-order chi connectivity index (χ1) is 14.3. The van der Waals surface area contributed by atoms with Crippen molar-refractivity contribution >= 4 is 21.6 Å². The van der Waals surface area contributed by atoms with Gasteiger partial charge in [0.1, 0.15) is 0 Å². The Morgan fingerprint density at radius 3 is 2.57 bits per heavy atom. The average Bonchev–Trinajstić information content (AvgIpc) is 2.75. The van der Waals surface area contributed by atoms with E-state index in [1.807, 2.05) is 50.2 Å². The van der Waals surface area contributed by atoms with Crippen molar-refractivity contribution < 1.29 is 13.2 Å². The van der Waals surface area contributed by atoms with Crippen LogP contribution in [-0.2, 0) is 21.2 Å². The van der Waals surface area contributed by atoms with Crippen molar-refractivity contribution in [3.8, 4) is 0 Å². The summed E-state index contributed by atoms with van der Waals surface area (Å²) in [6.45, 7) is 6.54. The second-order valence-corrected chi connectivity index (χ2v) is 10.2. The fraction of sp³-hybridized carbons (Fsp3) is 0.458. The standard InChI is InChI=1S/C24H32N2O3S/c1-4-5-7-20-11-13-22(14-12-20)25-24(27)21-8-6-15-26(17-21)30(28,29)23-16-18(2)9-10-19(23)3/h9-14,16,21H,4-8,15,17H2,1-3H3,(H,25,27)/t21-/m0/s1. The highest BCUT2D eigenvalue weighted by Crippen LogP contribution is 2.27. The topological polar surface area (TPSA) is 66.5 Å². The molecular weight excluding hydrogens is 396 g/mol. The highest BCUT2D eigenvalue weighted by atomic mass is 32.2. The summed E-state index contributed by atoms with van der Waals surface area (Å²) in [5.74, 6) is -0.462. The second-order valence-electron chi connectivity index (χ2n) is 8.26. The van der Waals surface area contributed by atoms with Crippen LogP contribution in [-0.4, -0.2) is 31.7 Å². The summed E-state index contributed by atoms with van der Waals surface area (Å²) in [6, 6.07) is 13.4. The van der Waals surface area contributed by atoms with Gasteiger partial charge in [0, 0.05) is 18.8 Å². The lowest BCUT2D eigenvalue weighted by Gasteiger charge is -2.31. The number of amides is 1. The maximum absolute atomic E-state index is 13.2. The van der Waals surface area contributed by atoms with Crippen molar-refractivity contribution in [2.75, 3.05) is 18.4 Å². The molecule has 0 spiro atoms. The molecule has 1 amide bonds. The van der Waals surface area contributed by atoms with Crippen LogP contribution in [0.5, 0.6) is 0 Å². The highest BCUT2D eigenvalue weighted by molar-refractivity contribution is 7.89. The molecule has 1 saturated heterocycles. The molecule has 1 heterocycles. The van der Waals surface area contributed by atoms with Gasteiger partial charge in [-0.15, -0.1) is 0 Å². The van der Waals surface area contributed by atoms with Gasteiger partial charge in [-0.25, -0.2) is 8.42 Å². The van der Waals surface area contributed by atoms with E-state index >= 15 is 0 Å². The van der Waals surface area contributed by atoms with Gasteiger partial charge in [-0.3, -0.25) is 4.79 Å². The van der Waals surface area contributed by atoms with Crippen molar-refractivity contribution in [1.29, 1.82) is 0 Å². The molecule has 0 bridgehead atoms. The van der Waals surface area contributed by atoms with Gasteiger partial charge in [0.05, 0.1) is 10.8 Å². The van der Waals surface area contributed by atoms with Gasteiger partial charge in [-0.1, -0.05) is 37.6 Å². The van der Waals surface area contributed by atoms with E-state index in [0.29, 0.717) is 24.3 Å². The first-order valence-electron chi connectivity index (χ1n) is 10.8. The average molecular weight is 429 g/mol. The number of carbonyl (C=O) groups is 1. The number of sulfonamides is 1. The Kier molecular flexibility index (Phi) is 7.32. The van der Waals surface area contributed by atoms with Crippen molar-refractivity contribution in [3.05, 3.63) is 59.2 Å². The van der Waals surface area contributed by atoms with Crippen LogP contribution in [0.3, 0.4) is 0 Å². The third-order valence-electron chi connectivity index (χ3n) is 5.76. The zero-order valence-corrected chi connectivity index (χ0v) is 19.0. The summed E-state index contributed by atoms with van der Waals surface area (Å²) < 4.78 is 27.9. The highest BCUT2D eigenvalue weighted by Gasteiger charge is 2.34. The molecule has 6 heteroatoms. The summed E-state index contributed by atoms with van der Waals surface area (Å²) in [5, 5.41) is 2.97. The quantitative estimate of drug-likeness (QED) is 0.696. The van der Waals surface area contributed by atoms with Crippen LogP contribution >= 0.6 is 0 Å². The van der Waals surface area contributed by atoms with Crippen LogP contribution in [0.15, 0.2) is 47.4 Å². The van der Waals surface area contributed by atoms with Crippen molar-refractivity contribution in [1.82, 2.24) is 4.31 Å². The summed E-state index contributed by atoms with van der Waals surface area (Å²) in [6.07, 6.45) is 4.72. The SMILES string of the molecule is CCCCc1ccc(NC(=O)[C@H]2CCCN(S(=O)(=O)c3cc(C)ccc3C)C2)cc1. The molecule has 0 aliphatic carbocycles. The Morgan fingerprint density at radius 2 is 1.87 bits per heavy atom. The van der Waals surface area contributed by atoms with Crippen molar-refractivity contribution in [3.63, 3.8) is 0 Å². The number of nitrogens with zero attached hydrogens (tertiary/aromatic N) is 1. The van der Waals surface area contributed by atoms with E-state index in [4.69, 9.17) is 0 Å². The molecule has 2 aromatic rings. The molecule has 0 unspecified atom stereocenters. The van der Waals surface area contributed by atoms with Crippen molar-refractivity contribution in [2.24, 2.45) is 5.92 Å². The number of benzene rings is 2. The predicted octanol–water partition coefficient (Wildman–Crippen LogP) is 4.69. The second kappa shape index (κ2) is 9.75. The fourth-order valence-electron chi connectivity index (χ4n) is 3.88. The zero-order valence-electron chi connectivity index (χ0n) is 18.1. The van der Waals surface area contributed by atoms with Gasteiger partial charge < -0.3 is 5.32 Å². The number of rotatable bonds is 7. The number of nitrogens with one attached hydrogen (secondary N) is 1. The van der Waals surface area contributed by atoms with Crippen LogP contribution in [0.4, 0.5) is 5.69 Å². The lowest BCUT2D eigenvalue weighted by atomic mass is 9.98. The molecule has 0 radical (unpaired) electrons. The van der Waals surface area contributed by atoms with E-state index in [9.17, 15) is 13.2 Å². The zero-order chi connectivity index (χ0) is 21.7. The van der Waals surface area contributed by atoms with Crippen molar-refractivity contribution in [2.45, 2.75) is 57.8 Å². The van der Waals surface area contributed by atoms with E-state index in [1.165, 1.54) is 9.87 Å². The minimum Gasteiger partial charge on any atom is -0.326 e. The number of anilines is 1. The number of unbranched alkanes of at least 4 members (excludes halogenated alkanes) is 1. The van der Waals surface area contributed by atoms with Gasteiger partial charge >= 0.3 is 0 Å². The van der Waals surface area contributed by atoms with E-state index in [2.05, 4.69) is 12.2 Å². The third kappa shape index (κ3) is 5.29. The van der Waals surface area contributed by atoms with Gasteiger partial charge in [0.15, 0.2) is 0 Å². The molecule has 1 atom stereocenters. The smallest absolute Gasteiger partial charge is 0.243 e. The van der Waals surface area contributed by atoms with Crippen LogP contribution in [0.25, 0.3) is 0 Å². The molecule has 1 aliphatic rings. The van der Waals surface area contributed by atoms with E-state index < -0.39 is 10.0 Å². The Bertz CT molecular complexity index is 984. The van der Waals surface area contributed by atoms with E-state index in [-0.39, 0.29) is 18.4 Å². The molecule has 0 saturated carbocycles. The lowest BCUT2D eigenvalue weighted by molar-refractivity contribution is -0.120. The molecule has 1 fully saturated rings. The molecule has 2 aromatic carbocycles. The van der Waals surface area contributed by atoms with Crippen LogP contribution in [0.2, 0.25) is 0 Å². The number of hydrogen-bond donors (Lipinski definition) is 1. The third-order valence-corrected chi connectivity index (χ3v) is 7.76. The Labute approximate surface area is 180 Å². The lowest BCUT2D eigenvalue weighted by Crippen LogP contribution is -2.43. The number of aryl methyl sites for hydroxylation is 3. The number of carbonyl (C=O) groups excluding carboxylic acids is 1. The van der Waals surface area contributed by atoms with E-state index in [0.717, 1.165) is 36.1 Å². The summed E-state index contributed by atoms with van der Waals surface area (Å²) >= 11 is 0. The van der Waals surface area contributed by atoms with Gasteiger partial charge in [-0.2, -0.15) is 4.31 Å². The van der Waals surface area contributed by atoms with Gasteiger partial charge in [-0.05, 0) is 74.4 Å². The monoisotopic (exact) mass is 428 g/mol. The minimum absolute atomic E-state index is 0.114. The molecule has 5 nitrogen and oxygen atoms in total. The summed E-state index contributed by atoms with van der Waals surface area (Å²) in [7, 11) is -3.62. The minimum atomic E-state index is -3.62. The Hall–Kier alpha value is -2.18. The molecule has 1 N–H and O–H groups in total. The number of hydrogen-bond acceptors (Lipinski definition) is 3. The fourth-order valence-corrected chi connectivity index (χ4v) is 5.71. The van der Waals surface area contributed by atoms with E-state index in [1.54, 1.807) is 6.07 Å². The molecule has 30 heavy (non-hydrogen) atoms. The predicted molar refractivity (Wildman–Crippen MR) is 121 cm³/mol. The number of piperidine rings is 1. The maximum atomic E-state index is 13.2. The molecular formula is C24H32N2O3S. The van der Waals surface area contributed by atoms with Gasteiger partial charge in [0.25, 0.3) is 0 Å². The van der Waals surface area contributed by atoms with Crippen LogP contribution < -0.4 is 5.32 Å². The molecule has 162 valence electrons. The maximum Gasteiger partial charge on any atom is 0.243 e. The Morgan fingerprint density at radius 1 is 1.13 bits per heavy atom. The first-order valence-corrected chi connectivity index (χ1v) is 12.2. The summed E-state index contributed by atoms with van der Waals surface area (Å²) in [4.78, 5) is 13.2. The largest absolute Gasteiger partial charge is 0.326 e. The van der Waals surface area contributed by atoms with Gasteiger partial charge in [0.2, 0.25) is 15.9 Å². The van der Waals surface area contributed by atoms with Crippen LogP contribution in [0.1, 0.15) is 49.3 Å². The molecule has 1 aliphatic heterocycles. The molecule has 3 rings (SSSR count). The summed E-state index contributed by atoms with van der Waals surface area (Å²) in [5.41, 5.74) is 3.66.